The van der Waals surface area contributed by atoms with Crippen molar-refractivity contribution in [1.82, 2.24) is 9.88 Å². The largest absolute Gasteiger partial charge is 0.497 e. The van der Waals surface area contributed by atoms with Gasteiger partial charge in [-0.2, -0.15) is 0 Å². The van der Waals surface area contributed by atoms with E-state index in [1.165, 1.54) is 5.56 Å². The molecule has 3 aromatic rings. The number of likely N-dealkylation sites (tertiary alicyclic amines) is 1. The van der Waals surface area contributed by atoms with Gasteiger partial charge in [-0.1, -0.05) is 30.3 Å². The Morgan fingerprint density at radius 3 is 2.86 bits per heavy atom. The topological polar surface area (TPSA) is 54.6 Å². The van der Waals surface area contributed by atoms with Crippen LogP contribution in [0.5, 0.6) is 5.75 Å². The Kier molecular flexibility index (Phi) is 5.63. The van der Waals surface area contributed by atoms with Crippen LogP contribution < -0.4 is 4.74 Å². The SMILES string of the molecule is COc1ccc2cc(C(=O)N3CCCC(COCc4ccccc4)C3)[nH]c2c1. The summed E-state index contributed by atoms with van der Waals surface area (Å²) >= 11 is 0. The number of aromatic amines is 1. The molecular formula is C23H26N2O3. The molecule has 28 heavy (non-hydrogen) atoms. The number of hydrogen-bond acceptors (Lipinski definition) is 3. The number of methoxy groups -OCH3 is 1. The number of carbonyl (C=O) groups excluding carboxylic acids is 1. The Morgan fingerprint density at radius 1 is 1.18 bits per heavy atom. The van der Waals surface area contributed by atoms with Crippen molar-refractivity contribution in [2.24, 2.45) is 5.92 Å². The lowest BCUT2D eigenvalue weighted by Crippen LogP contribution is -2.41. The van der Waals surface area contributed by atoms with Gasteiger partial charge in [0, 0.05) is 30.1 Å². The van der Waals surface area contributed by atoms with E-state index in [0.717, 1.165) is 42.6 Å². The van der Waals surface area contributed by atoms with Crippen molar-refractivity contribution in [1.29, 1.82) is 0 Å². The summed E-state index contributed by atoms with van der Waals surface area (Å²) in [5, 5.41) is 1.02. The number of nitrogens with zero attached hydrogens (tertiary/aromatic N) is 1. The van der Waals surface area contributed by atoms with Crippen molar-refractivity contribution >= 4 is 16.8 Å². The van der Waals surface area contributed by atoms with Crippen LogP contribution in [0.1, 0.15) is 28.9 Å². The van der Waals surface area contributed by atoms with Crippen molar-refractivity contribution in [2.75, 3.05) is 26.8 Å². The predicted molar refractivity (Wildman–Crippen MR) is 110 cm³/mol. The fourth-order valence-corrected chi connectivity index (χ4v) is 3.82. The van der Waals surface area contributed by atoms with Crippen LogP contribution in [0, 0.1) is 5.92 Å². The molecule has 1 N–H and O–H groups in total. The van der Waals surface area contributed by atoms with Gasteiger partial charge in [0.05, 0.1) is 20.3 Å². The minimum absolute atomic E-state index is 0.0583. The fraction of sp³-hybridized carbons (Fsp3) is 0.348. The van der Waals surface area contributed by atoms with E-state index in [9.17, 15) is 4.79 Å². The Bertz CT molecular complexity index is 935. The number of hydrogen-bond donors (Lipinski definition) is 1. The normalized spacial score (nSPS) is 17.0. The van der Waals surface area contributed by atoms with E-state index in [-0.39, 0.29) is 5.91 Å². The number of rotatable bonds is 6. The molecule has 1 amide bonds. The molecule has 5 heteroatoms. The van der Waals surface area contributed by atoms with Crippen LogP contribution in [0.4, 0.5) is 0 Å². The molecule has 0 radical (unpaired) electrons. The number of aromatic nitrogens is 1. The molecule has 0 spiro atoms. The molecule has 1 fully saturated rings. The van der Waals surface area contributed by atoms with E-state index >= 15 is 0 Å². The average Bonchev–Trinajstić information content (AvgIpc) is 3.17. The number of carbonyl (C=O) groups is 1. The van der Waals surface area contributed by atoms with Gasteiger partial charge in [-0.15, -0.1) is 0 Å². The predicted octanol–water partition coefficient (Wildman–Crippen LogP) is 4.25. The number of ether oxygens (including phenoxy) is 2. The molecule has 1 atom stereocenters. The number of nitrogens with one attached hydrogen (secondary N) is 1. The highest BCUT2D eigenvalue weighted by Crippen LogP contribution is 2.24. The molecule has 2 heterocycles. The maximum absolute atomic E-state index is 13.0. The zero-order valence-electron chi connectivity index (χ0n) is 16.2. The number of piperidine rings is 1. The minimum atomic E-state index is 0.0583. The second-order valence-electron chi connectivity index (χ2n) is 7.40. The summed E-state index contributed by atoms with van der Waals surface area (Å²) < 4.78 is 11.2. The maximum atomic E-state index is 13.0. The van der Waals surface area contributed by atoms with Crippen molar-refractivity contribution in [3.63, 3.8) is 0 Å². The number of amides is 1. The van der Waals surface area contributed by atoms with Gasteiger partial charge in [0.15, 0.2) is 0 Å². The highest BCUT2D eigenvalue weighted by Gasteiger charge is 2.25. The van der Waals surface area contributed by atoms with Crippen molar-refractivity contribution < 1.29 is 14.3 Å². The maximum Gasteiger partial charge on any atom is 0.270 e. The number of H-pyrrole nitrogens is 1. The van der Waals surface area contributed by atoms with Crippen molar-refractivity contribution in [2.45, 2.75) is 19.4 Å². The van der Waals surface area contributed by atoms with Crippen LogP contribution in [0.2, 0.25) is 0 Å². The minimum Gasteiger partial charge on any atom is -0.497 e. The highest BCUT2D eigenvalue weighted by atomic mass is 16.5. The third-order valence-corrected chi connectivity index (χ3v) is 5.33. The van der Waals surface area contributed by atoms with E-state index in [1.54, 1.807) is 7.11 Å². The summed E-state index contributed by atoms with van der Waals surface area (Å²) in [6.07, 6.45) is 2.11. The lowest BCUT2D eigenvalue weighted by molar-refractivity contribution is 0.0423. The van der Waals surface area contributed by atoms with Crippen LogP contribution in [-0.4, -0.2) is 42.6 Å². The van der Waals surface area contributed by atoms with E-state index in [1.807, 2.05) is 47.4 Å². The molecule has 4 rings (SSSR count). The third kappa shape index (κ3) is 4.20. The van der Waals surface area contributed by atoms with Gasteiger partial charge in [0.2, 0.25) is 0 Å². The number of benzene rings is 2. The first kappa shape index (κ1) is 18.6. The van der Waals surface area contributed by atoms with E-state index < -0.39 is 0 Å². The lowest BCUT2D eigenvalue weighted by atomic mass is 9.98. The number of fused-ring (bicyclic) bond motifs is 1. The first-order valence-corrected chi connectivity index (χ1v) is 9.80. The highest BCUT2D eigenvalue weighted by molar-refractivity contribution is 5.98. The zero-order valence-corrected chi connectivity index (χ0v) is 16.2. The van der Waals surface area contributed by atoms with Crippen molar-refractivity contribution in [3.8, 4) is 5.75 Å². The van der Waals surface area contributed by atoms with Gasteiger partial charge in [0.25, 0.3) is 5.91 Å². The molecule has 5 nitrogen and oxygen atoms in total. The quantitative estimate of drug-likeness (QED) is 0.698. The smallest absolute Gasteiger partial charge is 0.270 e. The summed E-state index contributed by atoms with van der Waals surface area (Å²) in [6.45, 7) is 2.84. The van der Waals surface area contributed by atoms with Crippen LogP contribution in [0.15, 0.2) is 54.6 Å². The Hall–Kier alpha value is -2.79. The van der Waals surface area contributed by atoms with Crippen LogP contribution in [-0.2, 0) is 11.3 Å². The molecule has 0 bridgehead atoms. The van der Waals surface area contributed by atoms with Gasteiger partial charge in [-0.3, -0.25) is 4.79 Å². The second kappa shape index (κ2) is 8.48. The molecule has 146 valence electrons. The molecule has 1 aliphatic heterocycles. The van der Waals surface area contributed by atoms with Gasteiger partial charge in [-0.25, -0.2) is 0 Å². The van der Waals surface area contributed by atoms with Gasteiger partial charge in [0.1, 0.15) is 11.4 Å². The van der Waals surface area contributed by atoms with E-state index in [2.05, 4.69) is 17.1 Å². The first-order chi connectivity index (χ1) is 13.7. The third-order valence-electron chi connectivity index (χ3n) is 5.33. The summed E-state index contributed by atoms with van der Waals surface area (Å²) in [5.74, 6) is 1.22. The second-order valence-corrected chi connectivity index (χ2v) is 7.40. The van der Waals surface area contributed by atoms with Crippen LogP contribution >= 0.6 is 0 Å². The summed E-state index contributed by atoms with van der Waals surface area (Å²) in [4.78, 5) is 18.2. The van der Waals surface area contributed by atoms with E-state index in [0.29, 0.717) is 24.8 Å². The van der Waals surface area contributed by atoms with Gasteiger partial charge in [-0.05, 0) is 42.5 Å². The fourth-order valence-electron chi connectivity index (χ4n) is 3.82. The first-order valence-electron chi connectivity index (χ1n) is 9.80. The standard InChI is InChI=1S/C23H26N2O3/c1-27-20-10-9-19-12-22(24-21(19)13-20)23(26)25-11-5-8-18(14-25)16-28-15-17-6-3-2-4-7-17/h2-4,6-7,9-10,12-13,18,24H,5,8,11,14-16H2,1H3. The Labute approximate surface area is 165 Å². The zero-order chi connectivity index (χ0) is 19.3. The monoisotopic (exact) mass is 378 g/mol. The Morgan fingerprint density at radius 2 is 2.04 bits per heavy atom. The van der Waals surface area contributed by atoms with Crippen molar-refractivity contribution in [3.05, 3.63) is 65.9 Å². The molecule has 1 aromatic heterocycles. The molecule has 1 saturated heterocycles. The summed E-state index contributed by atoms with van der Waals surface area (Å²) in [5.41, 5.74) is 2.73. The van der Waals surface area contributed by atoms with Crippen LogP contribution in [0.25, 0.3) is 10.9 Å². The Balaban J connectivity index is 1.36. The lowest BCUT2D eigenvalue weighted by Gasteiger charge is -2.32. The van der Waals surface area contributed by atoms with Gasteiger partial charge < -0.3 is 19.4 Å². The summed E-state index contributed by atoms with van der Waals surface area (Å²) in [6, 6.07) is 17.9. The van der Waals surface area contributed by atoms with Crippen LogP contribution in [0.3, 0.4) is 0 Å². The summed E-state index contributed by atoms with van der Waals surface area (Å²) in [7, 11) is 1.64. The molecule has 1 aliphatic rings. The molecule has 0 saturated carbocycles. The molecular weight excluding hydrogens is 352 g/mol. The van der Waals surface area contributed by atoms with E-state index in [4.69, 9.17) is 9.47 Å². The molecule has 2 aromatic carbocycles. The molecule has 0 aliphatic carbocycles. The van der Waals surface area contributed by atoms with Gasteiger partial charge >= 0.3 is 0 Å². The molecule has 1 unspecified atom stereocenters. The average molecular weight is 378 g/mol.